The van der Waals surface area contributed by atoms with Crippen LogP contribution in [0.4, 0.5) is 0 Å². The van der Waals surface area contributed by atoms with Crippen molar-refractivity contribution in [3.05, 3.63) is 0 Å². The minimum atomic E-state index is 0. The summed E-state index contributed by atoms with van der Waals surface area (Å²) in [6.45, 7) is 0. The SMILES string of the molecule is [Cl-].[Cl-].[Cl-].[Cl-].[Cl-].[Cl-].[Cl-].[Cl-].[Cl-].[Cl-].[Cl-].[Cl-].[Cl-].[Cl-].[Cl-].[Cl-].[Cl-].[Cl-].[Cl-].[Cl-].[Cl-].[Cl-].[Cl-].[Cl-].[Cl-].[Cl-].[Cl-].[Cl-].[Cl-].[Cl-].[Cl-].[Cl-].[Cl-].[Cl-].[Cl-].[Cl-].[Cl-].[Cl-].[Cl-].[Cl-].[Cl-].[Cl-].[Cl-].[Cl-].[Cl-].[Cl-].[Cl-].[Cl-].[Cl-].[Cl-].[Cl-].[Cl-].[Cl-].[Cl-].[Cl-].[Cl-].[Cl-].[Cl-].[Cl-].[Cl-].[Cl-].[Cl-].[Cl-].[Cl-].[Cl-].[Cl-].[Cl-].[Cl-].[Cl-].[Cl-].[Ni+2].[Ni+2].[Ni+2].[Ni+2].[Ni+2].[Ni+2].[Ni+2].[Ni+2].[Ni+2].[Ni+2].[Ni+2].[Ni+2].[Ni+2].[Ni+2].[Ni+2].[Ni+2].[Ni+2].[Ni+2].[Ni+2].[Ni+2].[Ni+2].[Ni+2].[Ni+2].[Ni+2].[Ni+2].[Ni+2].[Ni+2].[Ni+2].[Ni+2].[Ni+2]. The van der Waals surface area contributed by atoms with Crippen molar-refractivity contribution in [1.82, 2.24) is 0 Å². The smallest absolute Gasteiger partial charge is 1.00 e. The molecule has 0 aliphatic rings. The Morgan fingerprint density at radius 1 is 0.0200 bits per heavy atom. The second-order valence-corrected chi connectivity index (χ2v) is 0. The summed E-state index contributed by atoms with van der Waals surface area (Å²) in [7, 11) is 0. The van der Waals surface area contributed by atoms with Gasteiger partial charge in [-0.2, -0.15) is 0 Å². The Kier molecular flexibility index (Phi) is 38000. The third-order valence-corrected chi connectivity index (χ3v) is 0. The van der Waals surface area contributed by atoms with Gasteiger partial charge in [0, 0.05) is 0 Å². The molecule has 0 heterocycles. The summed E-state index contributed by atoms with van der Waals surface area (Å²) in [5.74, 6) is 0. The zero-order valence-corrected chi connectivity index (χ0v) is 118. The first-order valence-corrected chi connectivity index (χ1v) is 0. The Morgan fingerprint density at radius 2 is 0.0200 bits per heavy atom. The summed E-state index contributed by atoms with van der Waals surface area (Å²) < 4.78 is 0. The first-order valence-electron chi connectivity index (χ1n) is 0. The zero-order valence-electron chi connectivity index (χ0n) is 35.9. The van der Waals surface area contributed by atoms with Gasteiger partial charge in [-0.15, -0.1) is 0 Å². The Morgan fingerprint density at radius 3 is 0.0200 bits per heavy atom. The molecule has 0 aliphatic carbocycles. The molecule has 0 atom stereocenters. The molecule has 100 heteroatoms. The van der Waals surface area contributed by atoms with E-state index >= 15 is 0 Å². The van der Waals surface area contributed by atoms with E-state index in [9.17, 15) is 0 Å². The average molecular weight is 4240 g/mol. The molecule has 100 heavy (non-hydrogen) atoms. The molecule has 0 aromatic heterocycles. The van der Waals surface area contributed by atoms with Crippen LogP contribution in [0.1, 0.15) is 0 Å². The number of halogens is 70. The molecule has 0 aliphatic heterocycles. The van der Waals surface area contributed by atoms with Gasteiger partial charge in [0.2, 0.25) is 0 Å². The van der Waals surface area contributed by atoms with Gasteiger partial charge in [-0.3, -0.25) is 0 Å². The van der Waals surface area contributed by atoms with E-state index in [0.717, 1.165) is 0 Å². The van der Waals surface area contributed by atoms with Gasteiger partial charge in [-0.1, -0.05) is 0 Å². The average Bonchev–Trinajstić information content (AvgIpc) is 0. The minimum Gasteiger partial charge on any atom is -1.00 e. The van der Waals surface area contributed by atoms with Gasteiger partial charge in [-0.25, -0.2) is 0 Å². The van der Waals surface area contributed by atoms with Gasteiger partial charge in [0.1, 0.15) is 0 Å². The monoisotopic (exact) mass is 4190 g/mol. The van der Waals surface area contributed by atoms with Gasteiger partial charge in [-0.05, 0) is 0 Å². The van der Waals surface area contributed by atoms with Gasteiger partial charge in [0.25, 0.3) is 0 Å². The molecule has 0 saturated carbocycles. The van der Waals surface area contributed by atoms with Crippen LogP contribution in [0.2, 0.25) is 0 Å². The van der Waals surface area contributed by atoms with Crippen LogP contribution < -0.4 is 868 Å². The minimum absolute atomic E-state index is 0. The van der Waals surface area contributed by atoms with Crippen LogP contribution in [-0.2, 0) is 495 Å². The van der Waals surface area contributed by atoms with Crippen LogP contribution in [0.15, 0.2) is 0 Å². The fourth-order valence-electron chi connectivity index (χ4n) is 0. The van der Waals surface area contributed by atoms with Crippen molar-refractivity contribution in [2.24, 2.45) is 0 Å². The molecule has 0 nitrogen and oxygen atoms in total. The van der Waals surface area contributed by atoms with Gasteiger partial charge in [0.05, 0.1) is 0 Å². The summed E-state index contributed by atoms with van der Waals surface area (Å²) in [6, 6.07) is 0. The van der Waals surface area contributed by atoms with E-state index in [1.54, 1.807) is 0 Å². The molecule has 0 N–H and O–H groups in total. The van der Waals surface area contributed by atoms with Crippen molar-refractivity contribution in [3.63, 3.8) is 0 Å². The molecule has 0 unspecified atom stereocenters. The quantitative estimate of drug-likeness (QED) is 0.212. The van der Waals surface area contributed by atoms with Crippen LogP contribution in [0.25, 0.3) is 0 Å². The van der Waals surface area contributed by atoms with Crippen molar-refractivity contribution < 1.29 is 1360 Å². The molecule has 0 rings (SSSR count). The number of hydrogen-bond donors (Lipinski definition) is 0. The molecule has 800 valence electrons. The van der Waals surface area contributed by atoms with Crippen LogP contribution >= 0.6 is 0 Å². The van der Waals surface area contributed by atoms with Crippen LogP contribution in [0.5, 0.6) is 0 Å². The fourth-order valence-corrected chi connectivity index (χ4v) is 0. The molecule has 0 amide bonds. The van der Waals surface area contributed by atoms with Crippen molar-refractivity contribution in [2.45, 2.75) is 0 Å². The summed E-state index contributed by atoms with van der Waals surface area (Å²) >= 11 is 0. The predicted octanol–water partition coefficient (Wildman–Crippen LogP) is -210. The Bertz CT molecular complexity index is 88.1. The van der Waals surface area contributed by atoms with E-state index < -0.39 is 0 Å². The van der Waals surface area contributed by atoms with Crippen molar-refractivity contribution >= 4 is 0 Å². The van der Waals surface area contributed by atoms with Gasteiger partial charge >= 0.3 is 495 Å². The maximum atomic E-state index is 0. The summed E-state index contributed by atoms with van der Waals surface area (Å²) in [5, 5.41) is 0. The van der Waals surface area contributed by atoms with E-state index in [4.69, 9.17) is 0 Å². The molecule has 0 spiro atoms. The normalized spacial score (nSPS) is 0. The first kappa shape index (κ1) is 1970. The maximum Gasteiger partial charge on any atom is 2.00 e. The number of rotatable bonds is 0. The van der Waals surface area contributed by atoms with E-state index in [-0.39, 0.29) is 1360 Å². The molecule has 0 aromatic carbocycles. The third kappa shape index (κ3) is 1880. The standard InChI is InChI=1S/70ClH.30Ni/h70*1H;;;;;;;;;;;;;;;;;;;;;;;;;;;;;;/q;;;;;;;;;;;;;;;;;;;;;;;;;;;;;;;;;;;;;;;;;;;;;;;;;;;;;;;;;;;;;;;;;;;;;;30*+2/p-70. The summed E-state index contributed by atoms with van der Waals surface area (Å²) in [4.78, 5) is 0. The zero-order chi connectivity index (χ0) is 0. The Balaban J connectivity index is 0. The molecule has 0 bridgehead atoms. The Labute approximate surface area is 1330 Å². The Hall–Kier alpha value is 35.1. The third-order valence-electron chi connectivity index (χ3n) is 0. The maximum absolute atomic E-state index is 0. The second kappa shape index (κ2) is 1930. The summed E-state index contributed by atoms with van der Waals surface area (Å²) in [5.41, 5.74) is 0. The fraction of sp³-hybridized carbons (Fsp3) is 0. The van der Waals surface area contributed by atoms with Crippen LogP contribution in [-0.4, -0.2) is 0 Å². The molecular weight excluding hydrogens is 4240 g/mol. The van der Waals surface area contributed by atoms with E-state index in [1.807, 2.05) is 0 Å². The van der Waals surface area contributed by atoms with Gasteiger partial charge < -0.3 is 868 Å². The van der Waals surface area contributed by atoms with E-state index in [1.165, 1.54) is 0 Å². The van der Waals surface area contributed by atoms with Crippen LogP contribution in [0, 0.1) is 0 Å². The predicted molar refractivity (Wildman–Crippen MR) is 0 cm³/mol. The van der Waals surface area contributed by atoms with Gasteiger partial charge in [0.15, 0.2) is 0 Å². The van der Waals surface area contributed by atoms with Crippen LogP contribution in [0.3, 0.4) is 0 Å². The molecule has 0 radical (unpaired) electrons. The first-order chi connectivity index (χ1) is 0. The summed E-state index contributed by atoms with van der Waals surface area (Å²) in [6.07, 6.45) is 0. The van der Waals surface area contributed by atoms with E-state index in [0.29, 0.717) is 0 Å². The molecule has 0 aromatic rings. The molecule has 0 saturated heterocycles. The molecular formula is Cl70Ni30-10. The largest absolute Gasteiger partial charge is 2.00 e. The van der Waals surface area contributed by atoms with Crippen molar-refractivity contribution in [3.8, 4) is 0 Å². The second-order valence-electron chi connectivity index (χ2n) is 0. The number of hydrogen-bond acceptors (Lipinski definition) is 0. The molecule has 0 fully saturated rings. The van der Waals surface area contributed by atoms with E-state index in [2.05, 4.69) is 0 Å². The van der Waals surface area contributed by atoms with Crippen molar-refractivity contribution in [1.29, 1.82) is 0 Å². The topological polar surface area (TPSA) is 0 Å². The van der Waals surface area contributed by atoms with Crippen molar-refractivity contribution in [2.75, 3.05) is 0 Å².